The number of hydrogen-bond donors (Lipinski definition) is 3. The molecule has 1 aromatic rings. The van der Waals surface area contributed by atoms with E-state index in [9.17, 15) is 24.5 Å². The summed E-state index contributed by atoms with van der Waals surface area (Å²) in [5.74, 6) is -0.755. The topological polar surface area (TPSA) is 163 Å². The molecular weight excluding hydrogens is 408 g/mol. The Morgan fingerprint density at radius 1 is 1.23 bits per heavy atom. The molecule has 0 aliphatic carbocycles. The molecule has 0 bridgehead atoms. The van der Waals surface area contributed by atoms with E-state index < -0.39 is 22.5 Å². The molecule has 0 saturated heterocycles. The number of primary amides is 1. The van der Waals surface area contributed by atoms with Gasteiger partial charge in [-0.3, -0.25) is 14.9 Å². The lowest BCUT2D eigenvalue weighted by Crippen LogP contribution is -2.32. The summed E-state index contributed by atoms with van der Waals surface area (Å²) >= 11 is 0. The van der Waals surface area contributed by atoms with Crippen molar-refractivity contribution in [3.63, 3.8) is 0 Å². The highest BCUT2D eigenvalue weighted by Gasteiger charge is 2.22. The predicted molar refractivity (Wildman–Crippen MR) is 114 cm³/mol. The zero-order valence-electron chi connectivity index (χ0n) is 17.8. The number of carbonyl (C=O) groups excluding carboxylic acids is 3. The lowest BCUT2D eigenvalue weighted by atomic mass is 10.1. The van der Waals surface area contributed by atoms with Gasteiger partial charge in [0.15, 0.2) is 5.69 Å². The normalized spacial score (nSPS) is 11.1. The molecule has 31 heavy (non-hydrogen) atoms. The van der Waals surface area contributed by atoms with Gasteiger partial charge in [0.1, 0.15) is 17.6 Å². The Hall–Kier alpha value is -3.63. The molecule has 0 spiro atoms. The summed E-state index contributed by atoms with van der Waals surface area (Å²) in [6.45, 7) is 5.76. The molecule has 0 aliphatic heterocycles. The van der Waals surface area contributed by atoms with E-state index in [0.29, 0.717) is 6.42 Å². The highest BCUT2D eigenvalue weighted by atomic mass is 16.6. The van der Waals surface area contributed by atoms with Crippen molar-refractivity contribution in [3.8, 4) is 5.75 Å². The summed E-state index contributed by atoms with van der Waals surface area (Å²) in [6, 6.07) is 2.38. The van der Waals surface area contributed by atoms with Gasteiger partial charge in [0.2, 0.25) is 5.91 Å². The van der Waals surface area contributed by atoms with Crippen LogP contribution in [0, 0.1) is 10.1 Å². The van der Waals surface area contributed by atoms with E-state index in [1.807, 2.05) is 0 Å². The van der Waals surface area contributed by atoms with Gasteiger partial charge < -0.3 is 30.6 Å². The first-order chi connectivity index (χ1) is 14.5. The summed E-state index contributed by atoms with van der Waals surface area (Å²) in [4.78, 5) is 44.4. The largest absolute Gasteiger partial charge is 0.491 e. The first-order valence-electron chi connectivity index (χ1n) is 9.59. The fourth-order valence-corrected chi connectivity index (χ4v) is 2.31. The molecule has 1 rings (SSSR count). The highest BCUT2D eigenvalue weighted by molar-refractivity contribution is 5.95. The van der Waals surface area contributed by atoms with E-state index >= 15 is 0 Å². The average Bonchev–Trinajstić information content (AvgIpc) is 2.66. The van der Waals surface area contributed by atoms with Gasteiger partial charge in [-0.25, -0.2) is 4.79 Å². The monoisotopic (exact) mass is 436 g/mol. The second-order valence-electron chi connectivity index (χ2n) is 7.38. The van der Waals surface area contributed by atoms with E-state index in [4.69, 9.17) is 15.2 Å². The summed E-state index contributed by atoms with van der Waals surface area (Å²) in [5.41, 5.74) is 4.28. The van der Waals surface area contributed by atoms with Crippen LogP contribution in [0.25, 0.3) is 0 Å². The molecule has 11 nitrogen and oxygen atoms in total. The minimum absolute atomic E-state index is 0.0697. The SMILES string of the molecule is CC(C)(C)OC(=O)NC/C=C/CNc1c(OCCCC=O)cc(C(N)=O)cc1[N+](=O)[O-]. The molecule has 11 heteroatoms. The highest BCUT2D eigenvalue weighted by Crippen LogP contribution is 2.36. The fraction of sp³-hybridized carbons (Fsp3) is 0.450. The maximum absolute atomic E-state index is 11.6. The smallest absolute Gasteiger partial charge is 0.407 e. The molecule has 0 aromatic heterocycles. The van der Waals surface area contributed by atoms with Gasteiger partial charge in [-0.15, -0.1) is 0 Å². The average molecular weight is 436 g/mol. The maximum atomic E-state index is 11.6. The van der Waals surface area contributed by atoms with Gasteiger partial charge in [0, 0.05) is 31.1 Å². The summed E-state index contributed by atoms with van der Waals surface area (Å²) < 4.78 is 10.7. The molecular formula is C20H28N4O7. The second kappa shape index (κ2) is 12.2. The molecule has 2 amide bonds. The molecule has 170 valence electrons. The number of rotatable bonds is 12. The molecule has 4 N–H and O–H groups in total. The number of nitrogens with zero attached hydrogens (tertiary/aromatic N) is 1. The van der Waals surface area contributed by atoms with E-state index in [1.165, 1.54) is 6.07 Å². The lowest BCUT2D eigenvalue weighted by Gasteiger charge is -2.19. The van der Waals surface area contributed by atoms with Crippen molar-refractivity contribution < 1.29 is 28.8 Å². The zero-order valence-corrected chi connectivity index (χ0v) is 17.8. The van der Waals surface area contributed by atoms with Crippen LogP contribution in [-0.4, -0.2) is 48.5 Å². The number of alkyl carbamates (subject to hydrolysis) is 1. The number of nitrogens with two attached hydrogens (primary N) is 1. The summed E-state index contributed by atoms with van der Waals surface area (Å²) in [7, 11) is 0. The summed E-state index contributed by atoms with van der Waals surface area (Å²) in [6.07, 6.45) is 4.15. The first-order valence-corrected chi connectivity index (χ1v) is 9.59. The zero-order chi connectivity index (χ0) is 23.4. The number of aldehydes is 1. The third-order valence-electron chi connectivity index (χ3n) is 3.61. The Morgan fingerprint density at radius 3 is 2.48 bits per heavy atom. The van der Waals surface area contributed by atoms with E-state index in [0.717, 1.165) is 12.4 Å². The van der Waals surface area contributed by atoms with Crippen molar-refractivity contribution in [2.45, 2.75) is 39.2 Å². The molecule has 0 saturated carbocycles. The van der Waals surface area contributed by atoms with Crippen LogP contribution in [0.15, 0.2) is 24.3 Å². The van der Waals surface area contributed by atoms with Crippen molar-refractivity contribution in [1.29, 1.82) is 0 Å². The molecule has 0 fully saturated rings. The van der Waals surface area contributed by atoms with Crippen LogP contribution < -0.4 is 21.1 Å². The number of hydrogen-bond acceptors (Lipinski definition) is 8. The van der Waals surface area contributed by atoms with Crippen LogP contribution in [0.5, 0.6) is 5.75 Å². The summed E-state index contributed by atoms with van der Waals surface area (Å²) in [5, 5.41) is 16.9. The van der Waals surface area contributed by atoms with Gasteiger partial charge >= 0.3 is 6.09 Å². The third kappa shape index (κ3) is 9.61. The number of unbranched alkanes of at least 4 members (excludes halogenated alkanes) is 1. The second-order valence-corrected chi connectivity index (χ2v) is 7.38. The van der Waals surface area contributed by atoms with Crippen LogP contribution >= 0.6 is 0 Å². The van der Waals surface area contributed by atoms with Crippen LogP contribution in [0.4, 0.5) is 16.2 Å². The first kappa shape index (κ1) is 25.4. The molecule has 0 atom stereocenters. The third-order valence-corrected chi connectivity index (χ3v) is 3.61. The molecule has 1 aromatic carbocycles. The van der Waals surface area contributed by atoms with Crippen molar-refractivity contribution >= 4 is 29.7 Å². The lowest BCUT2D eigenvalue weighted by molar-refractivity contribution is -0.384. The fourth-order valence-electron chi connectivity index (χ4n) is 2.31. The number of nitrogens with one attached hydrogen (secondary N) is 2. The Balaban J connectivity index is 2.85. The van der Waals surface area contributed by atoms with Crippen LogP contribution in [0.3, 0.4) is 0 Å². The Kier molecular flexibility index (Phi) is 9.96. The number of benzene rings is 1. The number of carbonyl (C=O) groups is 3. The predicted octanol–water partition coefficient (Wildman–Crippen LogP) is 2.54. The molecule has 0 unspecified atom stereocenters. The Morgan fingerprint density at radius 2 is 1.90 bits per heavy atom. The number of nitro benzene ring substituents is 1. The Bertz CT molecular complexity index is 832. The Labute approximate surface area is 180 Å². The van der Waals surface area contributed by atoms with Gasteiger partial charge in [-0.2, -0.15) is 0 Å². The van der Waals surface area contributed by atoms with Gasteiger partial charge in [-0.05, 0) is 33.3 Å². The van der Waals surface area contributed by atoms with Gasteiger partial charge in [0.25, 0.3) is 5.69 Å². The quantitative estimate of drug-likeness (QED) is 0.148. The minimum atomic E-state index is -0.833. The molecule has 0 heterocycles. The number of amides is 2. The molecule has 0 aliphatic rings. The maximum Gasteiger partial charge on any atom is 0.407 e. The van der Waals surface area contributed by atoms with E-state index in [1.54, 1.807) is 32.9 Å². The van der Waals surface area contributed by atoms with E-state index in [-0.39, 0.29) is 48.8 Å². The number of nitro groups is 1. The van der Waals surface area contributed by atoms with Crippen LogP contribution in [0.1, 0.15) is 44.0 Å². The van der Waals surface area contributed by atoms with Crippen molar-refractivity contribution in [1.82, 2.24) is 5.32 Å². The molecule has 0 radical (unpaired) electrons. The van der Waals surface area contributed by atoms with E-state index in [2.05, 4.69) is 10.6 Å². The van der Waals surface area contributed by atoms with Crippen LogP contribution in [-0.2, 0) is 9.53 Å². The van der Waals surface area contributed by atoms with Crippen molar-refractivity contribution in [2.75, 3.05) is 25.0 Å². The van der Waals surface area contributed by atoms with Crippen LogP contribution in [0.2, 0.25) is 0 Å². The standard InChI is InChI=1S/C20H28N4O7/c1-20(2,3)31-19(27)23-9-5-4-8-22-17-15(24(28)29)12-14(18(21)26)13-16(17)30-11-7-6-10-25/h4-5,10,12-13,22H,6-9,11H2,1-3H3,(H2,21,26)(H,23,27)/b5-4+. The van der Waals surface area contributed by atoms with Gasteiger partial charge in [-0.1, -0.05) is 12.2 Å². The number of ether oxygens (including phenoxy) is 2. The minimum Gasteiger partial charge on any atom is -0.491 e. The van der Waals surface area contributed by atoms with Crippen molar-refractivity contribution in [3.05, 3.63) is 40.0 Å². The van der Waals surface area contributed by atoms with Gasteiger partial charge in [0.05, 0.1) is 11.5 Å². The number of anilines is 1. The van der Waals surface area contributed by atoms with Crippen molar-refractivity contribution in [2.24, 2.45) is 5.73 Å².